The van der Waals surface area contributed by atoms with Crippen molar-refractivity contribution in [3.8, 4) is 0 Å². The molecule has 2 aromatic rings. The van der Waals surface area contributed by atoms with E-state index >= 15 is 0 Å². The minimum Gasteiger partial charge on any atom is -0.384 e. The van der Waals surface area contributed by atoms with Crippen LogP contribution in [0.1, 0.15) is 48.6 Å². The van der Waals surface area contributed by atoms with Gasteiger partial charge in [0.05, 0.1) is 0 Å². The van der Waals surface area contributed by atoms with Crippen LogP contribution in [-0.4, -0.2) is 10.9 Å². The van der Waals surface area contributed by atoms with Crippen LogP contribution in [0, 0.1) is 19.3 Å². The van der Waals surface area contributed by atoms with Crippen molar-refractivity contribution in [1.29, 1.82) is 0 Å². The molecule has 1 unspecified atom stereocenters. The predicted molar refractivity (Wildman–Crippen MR) is 107 cm³/mol. The van der Waals surface area contributed by atoms with Crippen LogP contribution in [0.25, 0.3) is 6.08 Å². The summed E-state index contributed by atoms with van der Waals surface area (Å²) in [5.41, 5.74) is 5.07. The number of Topliss-reactive ketones (excluding diaryl/α,β-unsaturated/α-hetero) is 1. The fourth-order valence-electron chi connectivity index (χ4n) is 3.59. The molecular formula is C24H26O2. The number of allylic oxidation sites excluding steroid dienone is 2. The topological polar surface area (TPSA) is 37.3 Å². The van der Waals surface area contributed by atoms with Crippen molar-refractivity contribution in [2.75, 3.05) is 0 Å². The molecular weight excluding hydrogens is 320 g/mol. The molecule has 0 saturated carbocycles. The van der Waals surface area contributed by atoms with Crippen LogP contribution in [0.3, 0.4) is 0 Å². The Morgan fingerprint density at radius 3 is 2.35 bits per heavy atom. The van der Waals surface area contributed by atoms with Gasteiger partial charge in [0.1, 0.15) is 6.10 Å². The summed E-state index contributed by atoms with van der Waals surface area (Å²) >= 11 is 0. The summed E-state index contributed by atoms with van der Waals surface area (Å²) in [5, 5.41) is 10.9. The van der Waals surface area contributed by atoms with Crippen molar-refractivity contribution in [3.63, 3.8) is 0 Å². The van der Waals surface area contributed by atoms with Gasteiger partial charge >= 0.3 is 0 Å². The minimum absolute atomic E-state index is 0.0557. The van der Waals surface area contributed by atoms with Gasteiger partial charge in [-0.3, -0.25) is 4.79 Å². The highest BCUT2D eigenvalue weighted by Gasteiger charge is 2.33. The third kappa shape index (κ3) is 4.03. The second-order valence-electron chi connectivity index (χ2n) is 7.99. The molecule has 2 heteroatoms. The number of ketones is 1. The van der Waals surface area contributed by atoms with Crippen LogP contribution in [0.15, 0.2) is 65.8 Å². The molecule has 26 heavy (non-hydrogen) atoms. The summed E-state index contributed by atoms with van der Waals surface area (Å²) < 4.78 is 0. The van der Waals surface area contributed by atoms with Gasteiger partial charge in [-0.15, -0.1) is 0 Å². The number of hydrogen-bond donors (Lipinski definition) is 1. The van der Waals surface area contributed by atoms with Gasteiger partial charge in [0.2, 0.25) is 0 Å². The van der Waals surface area contributed by atoms with E-state index in [4.69, 9.17) is 0 Å². The molecule has 1 aliphatic rings. The van der Waals surface area contributed by atoms with E-state index in [1.165, 1.54) is 0 Å². The van der Waals surface area contributed by atoms with Gasteiger partial charge < -0.3 is 5.11 Å². The van der Waals surface area contributed by atoms with Crippen LogP contribution in [0.4, 0.5) is 0 Å². The molecule has 1 N–H and O–H groups in total. The number of aryl methyl sites for hydroxylation is 2. The average Bonchev–Trinajstić information content (AvgIpc) is 2.57. The molecule has 0 amide bonds. The Bertz CT molecular complexity index is 900. The van der Waals surface area contributed by atoms with Crippen molar-refractivity contribution < 1.29 is 9.90 Å². The Kier molecular flexibility index (Phi) is 4.97. The minimum atomic E-state index is -0.900. The summed E-state index contributed by atoms with van der Waals surface area (Å²) in [6, 6.07) is 15.8. The van der Waals surface area contributed by atoms with E-state index < -0.39 is 6.10 Å². The second-order valence-corrected chi connectivity index (χ2v) is 7.99. The molecule has 2 nitrogen and oxygen atoms in total. The molecule has 3 rings (SSSR count). The zero-order chi connectivity index (χ0) is 18.9. The number of aliphatic hydroxyl groups excluding tert-OH is 1. The maximum atomic E-state index is 13.1. The zero-order valence-corrected chi connectivity index (χ0v) is 15.9. The number of aliphatic hydroxyl groups is 1. The Morgan fingerprint density at radius 1 is 1.04 bits per heavy atom. The molecule has 1 atom stereocenters. The largest absolute Gasteiger partial charge is 0.384 e. The lowest BCUT2D eigenvalue weighted by atomic mass is 9.74. The van der Waals surface area contributed by atoms with Crippen molar-refractivity contribution in [2.45, 2.75) is 40.2 Å². The van der Waals surface area contributed by atoms with E-state index in [2.05, 4.69) is 19.9 Å². The number of rotatable bonds is 3. The molecule has 0 aromatic heterocycles. The maximum absolute atomic E-state index is 13.1. The van der Waals surface area contributed by atoms with E-state index in [1.54, 1.807) is 0 Å². The summed E-state index contributed by atoms with van der Waals surface area (Å²) in [6.45, 7) is 8.24. The molecule has 1 aliphatic carbocycles. The SMILES string of the molecule is Cc1cccc(/C=C2\CC(C)(C)C=C(C(O)c3cccc(C)c3)C2=O)c1. The van der Waals surface area contributed by atoms with E-state index in [0.29, 0.717) is 12.0 Å². The highest BCUT2D eigenvalue weighted by molar-refractivity contribution is 6.12. The first kappa shape index (κ1) is 18.3. The Hall–Kier alpha value is -2.45. The van der Waals surface area contributed by atoms with Crippen LogP contribution in [0.2, 0.25) is 0 Å². The average molecular weight is 346 g/mol. The first-order valence-electron chi connectivity index (χ1n) is 9.04. The van der Waals surface area contributed by atoms with E-state index in [0.717, 1.165) is 27.8 Å². The first-order chi connectivity index (χ1) is 12.2. The van der Waals surface area contributed by atoms with Gasteiger partial charge in [-0.05, 0) is 42.9 Å². The summed E-state index contributed by atoms with van der Waals surface area (Å²) in [5.74, 6) is -0.0557. The normalized spacial score (nSPS) is 19.3. The predicted octanol–water partition coefficient (Wildman–Crippen LogP) is 5.35. The molecule has 134 valence electrons. The number of benzene rings is 2. The molecule has 0 fully saturated rings. The fourth-order valence-corrected chi connectivity index (χ4v) is 3.59. The molecule has 0 saturated heterocycles. The highest BCUT2D eigenvalue weighted by Crippen LogP contribution is 2.39. The van der Waals surface area contributed by atoms with Crippen molar-refractivity contribution in [1.82, 2.24) is 0 Å². The molecule has 0 aliphatic heterocycles. The summed E-state index contributed by atoms with van der Waals surface area (Å²) in [6.07, 6.45) is 3.68. The van der Waals surface area contributed by atoms with Crippen molar-refractivity contribution in [3.05, 3.63) is 88.0 Å². The van der Waals surface area contributed by atoms with Crippen LogP contribution in [0.5, 0.6) is 0 Å². The summed E-state index contributed by atoms with van der Waals surface area (Å²) in [7, 11) is 0. The van der Waals surface area contributed by atoms with Gasteiger partial charge in [0.15, 0.2) is 5.78 Å². The van der Waals surface area contributed by atoms with Crippen LogP contribution >= 0.6 is 0 Å². The number of hydrogen-bond acceptors (Lipinski definition) is 2. The molecule has 0 radical (unpaired) electrons. The van der Waals surface area contributed by atoms with Gasteiger partial charge in [0.25, 0.3) is 0 Å². The summed E-state index contributed by atoms with van der Waals surface area (Å²) in [4.78, 5) is 13.1. The lowest BCUT2D eigenvalue weighted by Crippen LogP contribution is -2.25. The third-order valence-electron chi connectivity index (χ3n) is 4.78. The Balaban J connectivity index is 2.00. The number of carbonyl (C=O) groups excluding carboxylic acids is 1. The fraction of sp³-hybridized carbons (Fsp3) is 0.292. The maximum Gasteiger partial charge on any atom is 0.187 e. The van der Waals surface area contributed by atoms with E-state index in [9.17, 15) is 9.90 Å². The third-order valence-corrected chi connectivity index (χ3v) is 4.78. The molecule has 0 heterocycles. The lowest BCUT2D eigenvalue weighted by Gasteiger charge is -2.30. The second kappa shape index (κ2) is 7.05. The number of carbonyl (C=O) groups is 1. The standard InChI is InChI=1S/C24H26O2/c1-16-7-5-9-18(11-16)13-20-14-24(3,4)15-21(23(20)26)22(25)19-10-6-8-17(2)12-19/h5-13,15,22,25H,14H2,1-4H3/b20-13+. The van der Waals surface area contributed by atoms with Gasteiger partial charge in [0, 0.05) is 11.1 Å². The Labute approximate surface area is 155 Å². The van der Waals surface area contributed by atoms with E-state index in [-0.39, 0.29) is 11.2 Å². The van der Waals surface area contributed by atoms with Crippen LogP contribution < -0.4 is 0 Å². The molecule has 2 aromatic carbocycles. The monoisotopic (exact) mass is 346 g/mol. The zero-order valence-electron chi connectivity index (χ0n) is 15.9. The van der Waals surface area contributed by atoms with Gasteiger partial charge in [-0.2, -0.15) is 0 Å². The first-order valence-corrected chi connectivity index (χ1v) is 9.04. The Morgan fingerprint density at radius 2 is 1.69 bits per heavy atom. The van der Waals surface area contributed by atoms with Crippen LogP contribution in [-0.2, 0) is 4.79 Å². The quantitative estimate of drug-likeness (QED) is 0.761. The van der Waals surface area contributed by atoms with E-state index in [1.807, 2.05) is 68.5 Å². The lowest BCUT2D eigenvalue weighted by molar-refractivity contribution is -0.114. The van der Waals surface area contributed by atoms with Crippen molar-refractivity contribution >= 4 is 11.9 Å². The smallest absolute Gasteiger partial charge is 0.187 e. The molecule has 0 spiro atoms. The van der Waals surface area contributed by atoms with Gasteiger partial charge in [-0.25, -0.2) is 0 Å². The van der Waals surface area contributed by atoms with Gasteiger partial charge in [-0.1, -0.05) is 79.6 Å². The van der Waals surface area contributed by atoms with Crippen molar-refractivity contribution in [2.24, 2.45) is 5.41 Å². The molecule has 0 bridgehead atoms. The highest BCUT2D eigenvalue weighted by atomic mass is 16.3.